The van der Waals surface area contributed by atoms with E-state index in [1.165, 1.54) is 0 Å². The molecule has 1 saturated carbocycles. The smallest absolute Gasteiger partial charge is 0.405 e. The average Bonchev–Trinajstić information content (AvgIpc) is 3.60. The SMILES string of the molecule is CCC(NC(=O)O)C(=O)N1CCN(CCCOc2ccc(C(=O)C3CC3)cc2)CC1. The van der Waals surface area contributed by atoms with Crippen LogP contribution in [0, 0.1) is 5.92 Å². The third-order valence-corrected chi connectivity index (χ3v) is 5.66. The molecule has 0 spiro atoms. The number of ketones is 1. The molecule has 1 aromatic carbocycles. The highest BCUT2D eigenvalue weighted by Gasteiger charge is 2.30. The fourth-order valence-electron chi connectivity index (χ4n) is 3.67. The maximum atomic E-state index is 12.4. The first kappa shape index (κ1) is 22.1. The molecule has 8 nitrogen and oxygen atoms in total. The van der Waals surface area contributed by atoms with Gasteiger partial charge in [-0.15, -0.1) is 0 Å². The van der Waals surface area contributed by atoms with E-state index in [1.54, 1.807) is 11.8 Å². The van der Waals surface area contributed by atoms with Crippen molar-refractivity contribution < 1.29 is 24.2 Å². The van der Waals surface area contributed by atoms with Crippen molar-refractivity contribution in [2.24, 2.45) is 5.92 Å². The zero-order valence-electron chi connectivity index (χ0n) is 17.5. The van der Waals surface area contributed by atoms with Crippen molar-refractivity contribution in [3.05, 3.63) is 29.8 Å². The molecule has 2 amide bonds. The number of nitrogens with zero attached hydrogens (tertiary/aromatic N) is 2. The van der Waals surface area contributed by atoms with Gasteiger partial charge in [-0.3, -0.25) is 14.5 Å². The van der Waals surface area contributed by atoms with Crippen LogP contribution in [0.3, 0.4) is 0 Å². The number of rotatable bonds is 10. The van der Waals surface area contributed by atoms with Gasteiger partial charge in [0.05, 0.1) is 6.61 Å². The van der Waals surface area contributed by atoms with Crippen LogP contribution < -0.4 is 10.1 Å². The Balaban J connectivity index is 1.32. The van der Waals surface area contributed by atoms with E-state index < -0.39 is 12.1 Å². The fraction of sp³-hybridized carbons (Fsp3) is 0.591. The zero-order valence-corrected chi connectivity index (χ0v) is 17.5. The lowest BCUT2D eigenvalue weighted by atomic mass is 10.1. The van der Waals surface area contributed by atoms with Crippen LogP contribution in [0.5, 0.6) is 5.75 Å². The Morgan fingerprint density at radius 1 is 1.13 bits per heavy atom. The maximum absolute atomic E-state index is 12.4. The number of amides is 2. The molecule has 1 aliphatic heterocycles. The lowest BCUT2D eigenvalue weighted by molar-refractivity contribution is -0.135. The first-order valence-electron chi connectivity index (χ1n) is 10.8. The summed E-state index contributed by atoms with van der Waals surface area (Å²) in [6, 6.07) is 6.72. The predicted molar refractivity (Wildman–Crippen MR) is 112 cm³/mol. The van der Waals surface area contributed by atoms with E-state index in [0.717, 1.165) is 50.2 Å². The molecule has 0 radical (unpaired) electrons. The summed E-state index contributed by atoms with van der Waals surface area (Å²) in [6.45, 7) is 6.02. The van der Waals surface area contributed by atoms with Crippen molar-refractivity contribution in [3.8, 4) is 5.75 Å². The summed E-state index contributed by atoms with van der Waals surface area (Å²) in [4.78, 5) is 39.3. The molecular formula is C22H31N3O5. The topological polar surface area (TPSA) is 99.2 Å². The number of carboxylic acid groups (broad SMARTS) is 1. The van der Waals surface area contributed by atoms with Crippen molar-refractivity contribution in [1.29, 1.82) is 0 Å². The molecule has 1 saturated heterocycles. The molecule has 0 bridgehead atoms. The van der Waals surface area contributed by atoms with Crippen LogP contribution in [0.4, 0.5) is 4.79 Å². The Bertz CT molecular complexity index is 740. The highest BCUT2D eigenvalue weighted by atomic mass is 16.5. The van der Waals surface area contributed by atoms with E-state index in [0.29, 0.717) is 26.1 Å². The predicted octanol–water partition coefficient (Wildman–Crippen LogP) is 2.24. The van der Waals surface area contributed by atoms with Crippen LogP contribution in [0.2, 0.25) is 0 Å². The minimum absolute atomic E-state index is 0.147. The van der Waals surface area contributed by atoms with Gasteiger partial charge in [0.15, 0.2) is 5.78 Å². The van der Waals surface area contributed by atoms with Gasteiger partial charge in [-0.1, -0.05) is 6.92 Å². The third kappa shape index (κ3) is 6.19. The van der Waals surface area contributed by atoms with E-state index in [4.69, 9.17) is 9.84 Å². The normalized spacial score (nSPS) is 18.0. The number of hydrogen-bond acceptors (Lipinski definition) is 5. The quantitative estimate of drug-likeness (QED) is 0.447. The van der Waals surface area contributed by atoms with Gasteiger partial charge in [-0.05, 0) is 49.9 Å². The molecule has 164 valence electrons. The van der Waals surface area contributed by atoms with Gasteiger partial charge < -0.3 is 20.1 Å². The maximum Gasteiger partial charge on any atom is 0.405 e. The van der Waals surface area contributed by atoms with E-state index in [1.807, 2.05) is 24.3 Å². The Kier molecular flexibility index (Phi) is 7.68. The van der Waals surface area contributed by atoms with E-state index in [9.17, 15) is 14.4 Å². The molecule has 1 aromatic rings. The van der Waals surface area contributed by atoms with Gasteiger partial charge in [0, 0.05) is 44.2 Å². The minimum atomic E-state index is -1.17. The molecule has 2 fully saturated rings. The van der Waals surface area contributed by atoms with Gasteiger partial charge in [-0.25, -0.2) is 4.79 Å². The third-order valence-electron chi connectivity index (χ3n) is 5.66. The molecule has 1 heterocycles. The molecule has 3 rings (SSSR count). The first-order valence-corrected chi connectivity index (χ1v) is 10.8. The fourth-order valence-corrected chi connectivity index (χ4v) is 3.67. The molecule has 2 aliphatic rings. The second kappa shape index (κ2) is 10.4. The molecular weight excluding hydrogens is 386 g/mol. The first-order chi connectivity index (χ1) is 14.5. The van der Waals surface area contributed by atoms with E-state index >= 15 is 0 Å². The summed E-state index contributed by atoms with van der Waals surface area (Å²) in [5.74, 6) is 1.10. The van der Waals surface area contributed by atoms with Crippen molar-refractivity contribution in [2.75, 3.05) is 39.3 Å². The van der Waals surface area contributed by atoms with Crippen molar-refractivity contribution >= 4 is 17.8 Å². The van der Waals surface area contributed by atoms with Crippen LogP contribution >= 0.6 is 0 Å². The Labute approximate surface area is 177 Å². The van der Waals surface area contributed by atoms with E-state index in [2.05, 4.69) is 10.2 Å². The van der Waals surface area contributed by atoms with Crippen LogP contribution in [0.1, 0.15) is 43.0 Å². The Morgan fingerprint density at radius 3 is 2.37 bits per heavy atom. The molecule has 30 heavy (non-hydrogen) atoms. The molecule has 0 aromatic heterocycles. The number of carbonyl (C=O) groups excluding carboxylic acids is 2. The highest BCUT2D eigenvalue weighted by molar-refractivity contribution is 5.99. The highest BCUT2D eigenvalue weighted by Crippen LogP contribution is 2.32. The van der Waals surface area contributed by atoms with Crippen LogP contribution in [-0.2, 0) is 4.79 Å². The zero-order chi connectivity index (χ0) is 21.5. The van der Waals surface area contributed by atoms with Crippen molar-refractivity contribution in [1.82, 2.24) is 15.1 Å². The number of piperazine rings is 1. The van der Waals surface area contributed by atoms with Crippen molar-refractivity contribution in [2.45, 2.75) is 38.6 Å². The molecule has 1 aliphatic carbocycles. The van der Waals surface area contributed by atoms with Gasteiger partial charge in [0.25, 0.3) is 0 Å². The molecule has 2 N–H and O–H groups in total. The van der Waals surface area contributed by atoms with Crippen LogP contribution in [0.25, 0.3) is 0 Å². The van der Waals surface area contributed by atoms with Gasteiger partial charge in [-0.2, -0.15) is 0 Å². The average molecular weight is 418 g/mol. The summed E-state index contributed by atoms with van der Waals surface area (Å²) in [7, 11) is 0. The number of nitrogens with one attached hydrogen (secondary N) is 1. The standard InChI is InChI=1S/C22H31N3O5/c1-2-19(23-22(28)29)21(27)25-13-11-24(12-14-25)10-3-15-30-18-8-6-17(7-9-18)20(26)16-4-5-16/h6-9,16,19,23H,2-5,10-15H2,1H3,(H,28,29). The lowest BCUT2D eigenvalue weighted by Crippen LogP contribution is -2.54. The molecule has 1 atom stereocenters. The van der Waals surface area contributed by atoms with Crippen LogP contribution in [-0.4, -0.2) is 78.1 Å². The largest absolute Gasteiger partial charge is 0.494 e. The number of ether oxygens (including phenoxy) is 1. The van der Waals surface area contributed by atoms with Gasteiger partial charge in [0.1, 0.15) is 11.8 Å². The Morgan fingerprint density at radius 2 is 1.80 bits per heavy atom. The summed E-state index contributed by atoms with van der Waals surface area (Å²) in [6.07, 6.45) is 2.17. The van der Waals surface area contributed by atoms with Gasteiger partial charge in [0.2, 0.25) is 5.91 Å². The Hall–Kier alpha value is -2.61. The monoisotopic (exact) mass is 417 g/mol. The number of carbonyl (C=O) groups is 3. The van der Waals surface area contributed by atoms with Crippen molar-refractivity contribution in [3.63, 3.8) is 0 Å². The summed E-state index contributed by atoms with van der Waals surface area (Å²) < 4.78 is 5.78. The number of hydrogen-bond donors (Lipinski definition) is 2. The van der Waals surface area contributed by atoms with Crippen LogP contribution in [0.15, 0.2) is 24.3 Å². The van der Waals surface area contributed by atoms with E-state index in [-0.39, 0.29) is 17.6 Å². The second-order valence-corrected chi connectivity index (χ2v) is 7.94. The molecule has 1 unspecified atom stereocenters. The summed E-state index contributed by atoms with van der Waals surface area (Å²) in [5.41, 5.74) is 0.765. The number of benzene rings is 1. The number of Topliss-reactive ketones (excluding diaryl/α,β-unsaturated/α-hetero) is 1. The minimum Gasteiger partial charge on any atom is -0.494 e. The summed E-state index contributed by atoms with van der Waals surface area (Å²) >= 11 is 0. The van der Waals surface area contributed by atoms with Gasteiger partial charge >= 0.3 is 6.09 Å². The lowest BCUT2D eigenvalue weighted by Gasteiger charge is -2.36. The summed E-state index contributed by atoms with van der Waals surface area (Å²) in [5, 5.41) is 11.1. The second-order valence-electron chi connectivity index (χ2n) is 7.94. The molecule has 8 heteroatoms.